The topological polar surface area (TPSA) is 23.5 Å². The number of benzene rings is 1. The van der Waals surface area contributed by atoms with E-state index in [-0.39, 0.29) is 6.04 Å². The van der Waals surface area contributed by atoms with E-state index in [0.29, 0.717) is 24.6 Å². The molecule has 0 amide bonds. The van der Waals surface area contributed by atoms with Gasteiger partial charge in [0.1, 0.15) is 5.60 Å². The van der Waals surface area contributed by atoms with E-state index in [9.17, 15) is 13.9 Å². The third-order valence-electron chi connectivity index (χ3n) is 4.12. The molecule has 1 saturated carbocycles. The number of hydrogen-bond donors (Lipinski definition) is 1. The van der Waals surface area contributed by atoms with E-state index in [1.165, 1.54) is 18.9 Å². The molecule has 0 aromatic heterocycles. The van der Waals surface area contributed by atoms with E-state index >= 15 is 0 Å². The second kappa shape index (κ2) is 4.00. The molecule has 3 rings (SSSR count). The summed E-state index contributed by atoms with van der Waals surface area (Å²) in [5.41, 5.74) is -0.562. The molecule has 1 aliphatic heterocycles. The molecule has 0 spiro atoms. The Labute approximate surface area is 105 Å². The van der Waals surface area contributed by atoms with Gasteiger partial charge in [-0.25, -0.2) is 8.78 Å². The van der Waals surface area contributed by atoms with Crippen molar-refractivity contribution >= 4 is 0 Å². The summed E-state index contributed by atoms with van der Waals surface area (Å²) in [6.45, 7) is 2.60. The minimum atomic E-state index is -1.05. The summed E-state index contributed by atoms with van der Waals surface area (Å²) >= 11 is 0. The van der Waals surface area contributed by atoms with Gasteiger partial charge in [0.05, 0.1) is 0 Å². The van der Waals surface area contributed by atoms with Crippen molar-refractivity contribution in [3.05, 3.63) is 35.4 Å². The molecule has 1 aromatic carbocycles. The lowest BCUT2D eigenvalue weighted by Crippen LogP contribution is -2.33. The lowest BCUT2D eigenvalue weighted by molar-refractivity contribution is 0.0447. The molecule has 1 saturated heterocycles. The van der Waals surface area contributed by atoms with Gasteiger partial charge in [0.15, 0.2) is 11.6 Å². The molecule has 1 aromatic rings. The summed E-state index contributed by atoms with van der Waals surface area (Å²) in [7, 11) is 0. The Bertz CT molecular complexity index is 475. The van der Waals surface area contributed by atoms with Crippen LogP contribution < -0.4 is 0 Å². The van der Waals surface area contributed by atoms with Crippen molar-refractivity contribution in [1.82, 2.24) is 4.90 Å². The van der Waals surface area contributed by atoms with Gasteiger partial charge in [0, 0.05) is 18.6 Å². The Morgan fingerprint density at radius 1 is 1.28 bits per heavy atom. The molecule has 2 fully saturated rings. The van der Waals surface area contributed by atoms with E-state index < -0.39 is 17.2 Å². The van der Waals surface area contributed by atoms with Gasteiger partial charge in [0.25, 0.3) is 0 Å². The van der Waals surface area contributed by atoms with Crippen molar-refractivity contribution in [2.24, 2.45) is 0 Å². The molecular weight excluding hydrogens is 236 g/mol. The second-order valence-corrected chi connectivity index (χ2v) is 5.62. The number of hydrogen-bond acceptors (Lipinski definition) is 2. The fourth-order valence-electron chi connectivity index (χ4n) is 3.02. The summed E-state index contributed by atoms with van der Waals surface area (Å²) in [6, 6.07) is 4.56. The summed E-state index contributed by atoms with van der Waals surface area (Å²) in [5.74, 6) is -1.76. The Kier molecular flexibility index (Phi) is 2.68. The molecule has 2 nitrogen and oxygen atoms in total. The van der Waals surface area contributed by atoms with Crippen LogP contribution in [0, 0.1) is 11.6 Å². The van der Waals surface area contributed by atoms with Crippen molar-refractivity contribution in [3.63, 3.8) is 0 Å². The summed E-state index contributed by atoms with van der Waals surface area (Å²) < 4.78 is 26.2. The molecule has 2 atom stereocenters. The third-order valence-corrected chi connectivity index (χ3v) is 4.12. The van der Waals surface area contributed by atoms with Gasteiger partial charge in [-0.3, -0.25) is 4.90 Å². The third kappa shape index (κ3) is 1.93. The minimum absolute atomic E-state index is 0.288. The fourth-order valence-corrected chi connectivity index (χ4v) is 3.02. The van der Waals surface area contributed by atoms with Crippen LogP contribution in [0.5, 0.6) is 0 Å². The largest absolute Gasteiger partial charge is 0.384 e. The first-order valence-corrected chi connectivity index (χ1v) is 6.43. The zero-order valence-corrected chi connectivity index (χ0v) is 10.4. The van der Waals surface area contributed by atoms with Gasteiger partial charge >= 0.3 is 0 Å². The van der Waals surface area contributed by atoms with Crippen molar-refractivity contribution < 1.29 is 13.9 Å². The molecule has 1 N–H and O–H groups in total. The molecular formula is C14H17F2NO. The SMILES string of the molecule is CC1CC(O)(c2ccc(F)c(F)c2)CN1C1CC1. The lowest BCUT2D eigenvalue weighted by atomic mass is 9.91. The molecule has 1 aliphatic carbocycles. The maximum absolute atomic E-state index is 13.3. The number of aliphatic hydroxyl groups is 1. The van der Waals surface area contributed by atoms with Gasteiger partial charge in [-0.15, -0.1) is 0 Å². The summed E-state index contributed by atoms with van der Waals surface area (Å²) in [4.78, 5) is 2.28. The van der Waals surface area contributed by atoms with E-state index in [4.69, 9.17) is 0 Å². The highest BCUT2D eigenvalue weighted by molar-refractivity contribution is 5.27. The maximum atomic E-state index is 13.3. The predicted molar refractivity (Wildman–Crippen MR) is 64.1 cm³/mol. The highest BCUT2D eigenvalue weighted by atomic mass is 19.2. The molecule has 4 heteroatoms. The first kappa shape index (κ1) is 12.1. The highest BCUT2D eigenvalue weighted by Gasteiger charge is 2.47. The standard InChI is InChI=1S/C14H17F2NO/c1-9-7-14(18,8-17(9)11-3-4-11)10-2-5-12(15)13(16)6-10/h2,5-6,9,11,18H,3-4,7-8H2,1H3. The Balaban J connectivity index is 1.88. The van der Waals surface area contributed by atoms with Gasteiger partial charge in [-0.05, 0) is 43.9 Å². The summed E-state index contributed by atoms with van der Waals surface area (Å²) in [5, 5.41) is 10.7. The molecule has 0 radical (unpaired) electrons. The number of likely N-dealkylation sites (tertiary alicyclic amines) is 1. The zero-order chi connectivity index (χ0) is 12.9. The van der Waals surface area contributed by atoms with Crippen LogP contribution in [0.4, 0.5) is 8.78 Å². The van der Waals surface area contributed by atoms with Crippen LogP contribution in [0.1, 0.15) is 31.7 Å². The van der Waals surface area contributed by atoms with Gasteiger partial charge in [0.2, 0.25) is 0 Å². The number of halogens is 2. The van der Waals surface area contributed by atoms with Gasteiger partial charge in [-0.1, -0.05) is 6.07 Å². The zero-order valence-electron chi connectivity index (χ0n) is 10.4. The molecule has 98 valence electrons. The smallest absolute Gasteiger partial charge is 0.159 e. The quantitative estimate of drug-likeness (QED) is 0.875. The molecule has 1 heterocycles. The molecule has 0 bridgehead atoms. The normalized spacial score (nSPS) is 33.0. The van der Waals surface area contributed by atoms with E-state index in [1.807, 2.05) is 0 Å². The van der Waals surface area contributed by atoms with Crippen molar-refractivity contribution in [1.29, 1.82) is 0 Å². The van der Waals surface area contributed by atoms with E-state index in [1.54, 1.807) is 0 Å². The van der Waals surface area contributed by atoms with Crippen LogP contribution >= 0.6 is 0 Å². The van der Waals surface area contributed by atoms with Crippen LogP contribution in [0.3, 0.4) is 0 Å². The van der Waals surface area contributed by atoms with Crippen LogP contribution in [-0.4, -0.2) is 28.6 Å². The average molecular weight is 253 g/mol. The van der Waals surface area contributed by atoms with Crippen LogP contribution in [0.25, 0.3) is 0 Å². The Hall–Kier alpha value is -1.00. The first-order chi connectivity index (χ1) is 8.49. The first-order valence-electron chi connectivity index (χ1n) is 6.43. The van der Waals surface area contributed by atoms with Gasteiger partial charge in [-0.2, -0.15) is 0 Å². The second-order valence-electron chi connectivity index (χ2n) is 5.62. The van der Waals surface area contributed by atoms with E-state index in [0.717, 1.165) is 12.1 Å². The van der Waals surface area contributed by atoms with Gasteiger partial charge < -0.3 is 5.11 Å². The fraction of sp³-hybridized carbons (Fsp3) is 0.571. The van der Waals surface area contributed by atoms with Crippen LogP contribution in [0.15, 0.2) is 18.2 Å². The molecule has 18 heavy (non-hydrogen) atoms. The van der Waals surface area contributed by atoms with E-state index in [2.05, 4.69) is 11.8 Å². The highest BCUT2D eigenvalue weighted by Crippen LogP contribution is 2.41. The lowest BCUT2D eigenvalue weighted by Gasteiger charge is -2.24. The Morgan fingerprint density at radius 3 is 2.61 bits per heavy atom. The maximum Gasteiger partial charge on any atom is 0.159 e. The molecule has 2 unspecified atom stereocenters. The number of rotatable bonds is 2. The predicted octanol–water partition coefficient (Wildman–Crippen LogP) is 2.41. The monoisotopic (exact) mass is 253 g/mol. The van der Waals surface area contributed by atoms with Crippen LogP contribution in [0.2, 0.25) is 0 Å². The van der Waals surface area contributed by atoms with Crippen molar-refractivity contribution in [2.75, 3.05) is 6.54 Å². The molecule has 2 aliphatic rings. The average Bonchev–Trinajstić information content (AvgIpc) is 3.09. The van der Waals surface area contributed by atoms with Crippen molar-refractivity contribution in [2.45, 2.75) is 43.9 Å². The van der Waals surface area contributed by atoms with Crippen LogP contribution in [-0.2, 0) is 5.60 Å². The minimum Gasteiger partial charge on any atom is -0.384 e. The van der Waals surface area contributed by atoms with Crippen molar-refractivity contribution in [3.8, 4) is 0 Å². The summed E-state index contributed by atoms with van der Waals surface area (Å²) in [6.07, 6.45) is 2.94. The number of nitrogens with zero attached hydrogens (tertiary/aromatic N) is 1. The number of β-amino-alcohol motifs (C(OH)–C–C–N with tert-alkyl or cyclic N) is 1. The Morgan fingerprint density at radius 2 is 2.00 bits per heavy atom.